The van der Waals surface area contributed by atoms with Gasteiger partial charge in [-0.2, -0.15) is 0 Å². The Bertz CT molecular complexity index is 912. The highest BCUT2D eigenvalue weighted by atomic mass is 32.1. The van der Waals surface area contributed by atoms with Crippen LogP contribution >= 0.6 is 11.3 Å². The van der Waals surface area contributed by atoms with E-state index >= 15 is 0 Å². The number of carbonyl (C=O) groups is 1. The molecule has 32 heavy (non-hydrogen) atoms. The molecule has 1 aromatic heterocycles. The van der Waals surface area contributed by atoms with Gasteiger partial charge >= 0.3 is 5.97 Å². The van der Waals surface area contributed by atoms with Crippen LogP contribution in [0, 0.1) is 13.8 Å². The van der Waals surface area contributed by atoms with Crippen molar-refractivity contribution in [3.05, 3.63) is 38.8 Å². The monoisotopic (exact) mass is 463 g/mol. The minimum Gasteiger partial charge on any atom is -0.496 e. The van der Waals surface area contributed by atoms with Crippen molar-refractivity contribution in [2.24, 2.45) is 0 Å². The van der Waals surface area contributed by atoms with Crippen LogP contribution in [0.5, 0.6) is 11.5 Å². The number of aliphatic carboxylic acids is 1. The Morgan fingerprint density at radius 2 is 1.78 bits per heavy atom. The average molecular weight is 464 g/mol. The molecule has 0 bridgehead atoms. The van der Waals surface area contributed by atoms with Crippen LogP contribution in [0.2, 0.25) is 0 Å². The molecule has 0 radical (unpaired) electrons. The predicted octanol–water partition coefficient (Wildman–Crippen LogP) is 4.57. The molecule has 2 aromatic rings. The SMILES string of the molecule is COc1cc(C(O)C(Cc2nc(C(C)C(=O)O)c(C)s2)OC2CCCC2)cc(OC)c1C. The Morgan fingerprint density at radius 3 is 2.31 bits per heavy atom. The number of hydrogen-bond donors (Lipinski definition) is 2. The van der Waals surface area contributed by atoms with Gasteiger partial charge in [0.2, 0.25) is 0 Å². The smallest absolute Gasteiger partial charge is 0.312 e. The maximum atomic E-state index is 11.4. The molecule has 2 N–H and O–H groups in total. The van der Waals surface area contributed by atoms with Crippen molar-refractivity contribution in [3.8, 4) is 11.5 Å². The van der Waals surface area contributed by atoms with Gasteiger partial charge < -0.3 is 24.4 Å². The molecule has 0 spiro atoms. The molecule has 1 heterocycles. The Kier molecular flexibility index (Phi) is 8.14. The summed E-state index contributed by atoms with van der Waals surface area (Å²) in [7, 11) is 3.18. The number of aryl methyl sites for hydroxylation is 1. The van der Waals surface area contributed by atoms with Gasteiger partial charge in [-0.15, -0.1) is 11.3 Å². The molecule has 1 aliphatic carbocycles. The van der Waals surface area contributed by atoms with Gasteiger partial charge in [0, 0.05) is 16.9 Å². The standard InChI is InChI=1S/C24H33NO6S/c1-13-18(29-4)10-16(11-19(13)30-5)23(26)20(31-17-8-6-7-9-17)12-21-25-22(15(3)32-21)14(2)24(27)28/h10-11,14,17,20,23,26H,6-9,12H2,1-5H3,(H,27,28). The lowest BCUT2D eigenvalue weighted by Gasteiger charge is -2.27. The number of aliphatic hydroxyl groups is 1. The summed E-state index contributed by atoms with van der Waals surface area (Å²) in [6.07, 6.45) is 3.25. The largest absolute Gasteiger partial charge is 0.496 e. The van der Waals surface area contributed by atoms with Crippen LogP contribution in [-0.4, -0.2) is 47.6 Å². The van der Waals surface area contributed by atoms with Gasteiger partial charge in [-0.3, -0.25) is 4.79 Å². The van der Waals surface area contributed by atoms with E-state index in [1.807, 2.05) is 26.0 Å². The van der Waals surface area contributed by atoms with Gasteiger partial charge in [0.05, 0.1) is 43.0 Å². The highest BCUT2D eigenvalue weighted by Gasteiger charge is 2.30. The maximum absolute atomic E-state index is 11.4. The van der Waals surface area contributed by atoms with Crippen molar-refractivity contribution in [2.75, 3.05) is 14.2 Å². The molecule has 0 amide bonds. The van der Waals surface area contributed by atoms with E-state index in [-0.39, 0.29) is 6.10 Å². The summed E-state index contributed by atoms with van der Waals surface area (Å²) in [5, 5.41) is 21.5. The highest BCUT2D eigenvalue weighted by Crippen LogP contribution is 2.36. The molecule has 1 aromatic carbocycles. The number of thiazole rings is 1. The summed E-state index contributed by atoms with van der Waals surface area (Å²) in [6.45, 7) is 5.43. The summed E-state index contributed by atoms with van der Waals surface area (Å²) in [5.74, 6) is -0.298. The summed E-state index contributed by atoms with van der Waals surface area (Å²) in [4.78, 5) is 16.9. The van der Waals surface area contributed by atoms with Crippen LogP contribution in [0.1, 0.15) is 71.3 Å². The van der Waals surface area contributed by atoms with Gasteiger partial charge in [-0.05, 0) is 51.3 Å². The van der Waals surface area contributed by atoms with E-state index in [0.29, 0.717) is 29.2 Å². The summed E-state index contributed by atoms with van der Waals surface area (Å²) in [6, 6.07) is 3.64. The van der Waals surface area contributed by atoms with Gasteiger partial charge in [-0.25, -0.2) is 4.98 Å². The zero-order valence-corrected chi connectivity index (χ0v) is 20.2. The molecule has 1 aliphatic rings. The molecule has 0 saturated heterocycles. The fraction of sp³-hybridized carbons (Fsp3) is 0.583. The molecule has 0 aliphatic heterocycles. The second kappa shape index (κ2) is 10.6. The van der Waals surface area contributed by atoms with E-state index < -0.39 is 24.1 Å². The van der Waals surface area contributed by atoms with Gasteiger partial charge in [0.1, 0.15) is 17.6 Å². The maximum Gasteiger partial charge on any atom is 0.312 e. The van der Waals surface area contributed by atoms with Crippen molar-refractivity contribution < 1.29 is 29.2 Å². The van der Waals surface area contributed by atoms with E-state index in [4.69, 9.17) is 14.2 Å². The topological polar surface area (TPSA) is 98.1 Å². The van der Waals surface area contributed by atoms with Crippen molar-refractivity contribution in [1.82, 2.24) is 4.98 Å². The molecule has 176 valence electrons. The molecule has 3 atom stereocenters. The number of carboxylic acid groups (broad SMARTS) is 1. The van der Waals surface area contributed by atoms with Crippen molar-refractivity contribution in [1.29, 1.82) is 0 Å². The fourth-order valence-corrected chi connectivity index (χ4v) is 5.31. The summed E-state index contributed by atoms with van der Waals surface area (Å²) >= 11 is 1.46. The van der Waals surface area contributed by atoms with Crippen LogP contribution in [0.3, 0.4) is 0 Å². The molecule has 3 unspecified atom stereocenters. The molecular formula is C24H33NO6S. The first kappa shape index (κ1) is 24.5. The number of nitrogens with zero attached hydrogens (tertiary/aromatic N) is 1. The van der Waals surface area contributed by atoms with Crippen molar-refractivity contribution in [2.45, 2.75) is 77.1 Å². The van der Waals surface area contributed by atoms with Crippen LogP contribution in [0.4, 0.5) is 0 Å². The van der Waals surface area contributed by atoms with Crippen LogP contribution in [-0.2, 0) is 16.0 Å². The first-order chi connectivity index (χ1) is 15.2. The van der Waals surface area contributed by atoms with E-state index in [9.17, 15) is 15.0 Å². The quantitative estimate of drug-likeness (QED) is 0.533. The first-order valence-corrected chi connectivity index (χ1v) is 11.8. The number of aromatic nitrogens is 1. The van der Waals surface area contributed by atoms with Crippen molar-refractivity contribution in [3.63, 3.8) is 0 Å². The zero-order valence-electron chi connectivity index (χ0n) is 19.4. The third-order valence-electron chi connectivity index (χ3n) is 6.17. The number of aliphatic hydroxyl groups excluding tert-OH is 1. The molecule has 7 nitrogen and oxygen atoms in total. The lowest BCUT2D eigenvalue weighted by atomic mass is 9.99. The molecule has 8 heteroatoms. The second-order valence-electron chi connectivity index (χ2n) is 8.39. The number of methoxy groups -OCH3 is 2. The predicted molar refractivity (Wildman–Crippen MR) is 123 cm³/mol. The minimum absolute atomic E-state index is 0.0994. The second-order valence-corrected chi connectivity index (χ2v) is 9.68. The molecule has 1 saturated carbocycles. The normalized spacial score (nSPS) is 17.2. The van der Waals surface area contributed by atoms with E-state index in [0.717, 1.165) is 41.1 Å². The van der Waals surface area contributed by atoms with Gasteiger partial charge in [0.25, 0.3) is 0 Å². The molecule has 1 fully saturated rings. The lowest BCUT2D eigenvalue weighted by Crippen LogP contribution is -2.29. The fourth-order valence-electron chi connectivity index (χ4n) is 4.24. The van der Waals surface area contributed by atoms with Crippen LogP contribution in [0.15, 0.2) is 12.1 Å². The number of benzene rings is 1. The molecular weight excluding hydrogens is 430 g/mol. The Labute approximate surface area is 193 Å². The average Bonchev–Trinajstić information content (AvgIpc) is 3.41. The Balaban J connectivity index is 1.91. The summed E-state index contributed by atoms with van der Waals surface area (Å²) in [5.41, 5.74) is 2.09. The van der Waals surface area contributed by atoms with E-state index in [1.54, 1.807) is 21.1 Å². The minimum atomic E-state index is -0.913. The number of carboxylic acids is 1. The number of ether oxygens (including phenoxy) is 3. The van der Waals surface area contributed by atoms with Crippen molar-refractivity contribution >= 4 is 17.3 Å². The summed E-state index contributed by atoms with van der Waals surface area (Å²) < 4.78 is 17.3. The Hall–Kier alpha value is -2.16. The zero-order chi connectivity index (χ0) is 23.4. The highest BCUT2D eigenvalue weighted by molar-refractivity contribution is 7.11. The van der Waals surface area contributed by atoms with Gasteiger partial charge in [0.15, 0.2) is 0 Å². The Morgan fingerprint density at radius 1 is 1.19 bits per heavy atom. The third kappa shape index (κ3) is 5.42. The van der Waals surface area contributed by atoms with E-state index in [1.165, 1.54) is 11.3 Å². The third-order valence-corrected chi connectivity index (χ3v) is 7.18. The van der Waals surface area contributed by atoms with Crippen LogP contribution in [0.25, 0.3) is 0 Å². The van der Waals surface area contributed by atoms with Crippen LogP contribution < -0.4 is 9.47 Å². The number of hydrogen-bond acceptors (Lipinski definition) is 7. The number of rotatable bonds is 10. The molecule has 3 rings (SSSR count). The first-order valence-electron chi connectivity index (χ1n) is 11.0. The lowest BCUT2D eigenvalue weighted by molar-refractivity contribution is -0.138. The van der Waals surface area contributed by atoms with Gasteiger partial charge in [-0.1, -0.05) is 12.8 Å². The van der Waals surface area contributed by atoms with E-state index in [2.05, 4.69) is 4.98 Å².